The molecule has 4 rings (SSSR count). The number of amides is 2. The van der Waals surface area contributed by atoms with Gasteiger partial charge in [0.2, 0.25) is 11.8 Å². The number of hydrogen-bond acceptors (Lipinski definition) is 4. The minimum atomic E-state index is -0.611. The van der Waals surface area contributed by atoms with Crippen LogP contribution in [0.4, 0.5) is 10.5 Å². The van der Waals surface area contributed by atoms with Gasteiger partial charge in [-0.15, -0.1) is 10.2 Å². The van der Waals surface area contributed by atoms with E-state index in [0.717, 1.165) is 11.1 Å². The number of aromatic nitrogens is 2. The molecule has 0 aliphatic carbocycles. The SMILES string of the molecule is O=C(Nc1cccc(Cl)c1)NC(c1ccccc1)c1nnc(-c2ccccc2)o1. The molecule has 6 nitrogen and oxygen atoms in total. The fraction of sp³-hybridized carbons (Fsp3) is 0.0455. The van der Waals surface area contributed by atoms with Crippen LogP contribution in [0.5, 0.6) is 0 Å². The van der Waals surface area contributed by atoms with Gasteiger partial charge < -0.3 is 15.1 Å². The van der Waals surface area contributed by atoms with E-state index in [9.17, 15) is 4.79 Å². The standard InChI is InChI=1S/C22H17ClN4O2/c23-17-12-7-13-18(14-17)24-22(28)25-19(15-8-3-1-4-9-15)21-27-26-20(29-21)16-10-5-2-6-11-16/h1-14,19H,(H2,24,25,28). The molecule has 0 saturated carbocycles. The predicted octanol–water partition coefficient (Wildman–Crippen LogP) is 5.30. The molecule has 1 unspecified atom stereocenters. The number of nitrogens with zero attached hydrogens (tertiary/aromatic N) is 2. The Labute approximate surface area is 172 Å². The van der Waals surface area contributed by atoms with Crippen molar-refractivity contribution in [1.29, 1.82) is 0 Å². The third kappa shape index (κ3) is 4.62. The first-order chi connectivity index (χ1) is 14.2. The highest BCUT2D eigenvalue weighted by Gasteiger charge is 2.23. The van der Waals surface area contributed by atoms with Gasteiger partial charge in [-0.05, 0) is 35.9 Å². The zero-order valence-corrected chi connectivity index (χ0v) is 16.0. The van der Waals surface area contributed by atoms with Crippen molar-refractivity contribution in [3.63, 3.8) is 0 Å². The molecule has 0 radical (unpaired) electrons. The monoisotopic (exact) mass is 404 g/mol. The number of halogens is 1. The first-order valence-corrected chi connectivity index (χ1v) is 9.34. The van der Waals surface area contributed by atoms with E-state index in [0.29, 0.717) is 16.6 Å². The van der Waals surface area contributed by atoms with E-state index >= 15 is 0 Å². The zero-order chi connectivity index (χ0) is 20.1. The lowest BCUT2D eigenvalue weighted by Gasteiger charge is -2.16. The summed E-state index contributed by atoms with van der Waals surface area (Å²) in [5, 5.41) is 14.5. The van der Waals surface area contributed by atoms with Gasteiger partial charge in [-0.3, -0.25) is 0 Å². The summed E-state index contributed by atoms with van der Waals surface area (Å²) in [6, 6.07) is 24.8. The number of anilines is 1. The van der Waals surface area contributed by atoms with Crippen LogP contribution in [0.1, 0.15) is 17.5 Å². The summed E-state index contributed by atoms with van der Waals surface area (Å²) in [5.74, 6) is 0.676. The second-order valence-corrected chi connectivity index (χ2v) is 6.70. The van der Waals surface area contributed by atoms with E-state index in [1.54, 1.807) is 24.3 Å². The van der Waals surface area contributed by atoms with E-state index in [1.807, 2.05) is 60.7 Å². The molecular formula is C22H17ClN4O2. The number of hydrogen-bond donors (Lipinski definition) is 2. The van der Waals surface area contributed by atoms with Gasteiger partial charge in [-0.25, -0.2) is 4.79 Å². The van der Waals surface area contributed by atoms with Gasteiger partial charge in [0.25, 0.3) is 0 Å². The molecule has 4 aromatic rings. The highest BCUT2D eigenvalue weighted by atomic mass is 35.5. The van der Waals surface area contributed by atoms with Crippen LogP contribution in [-0.4, -0.2) is 16.2 Å². The molecule has 144 valence electrons. The zero-order valence-electron chi connectivity index (χ0n) is 15.2. The lowest BCUT2D eigenvalue weighted by Crippen LogP contribution is -2.33. The Balaban J connectivity index is 1.59. The molecule has 29 heavy (non-hydrogen) atoms. The Hall–Kier alpha value is -3.64. The Bertz CT molecular complexity index is 1100. The second-order valence-electron chi connectivity index (χ2n) is 6.26. The number of benzene rings is 3. The average Bonchev–Trinajstić information content (AvgIpc) is 3.23. The Kier molecular flexibility index (Phi) is 5.54. The van der Waals surface area contributed by atoms with Crippen molar-refractivity contribution in [3.05, 3.63) is 101 Å². The summed E-state index contributed by atoms with van der Waals surface area (Å²) in [6.07, 6.45) is 0. The van der Waals surface area contributed by atoms with Crippen LogP contribution in [0.3, 0.4) is 0 Å². The van der Waals surface area contributed by atoms with E-state index in [4.69, 9.17) is 16.0 Å². The van der Waals surface area contributed by atoms with Crippen molar-refractivity contribution < 1.29 is 9.21 Å². The van der Waals surface area contributed by atoms with Gasteiger partial charge in [0.05, 0.1) is 0 Å². The molecule has 7 heteroatoms. The van der Waals surface area contributed by atoms with Gasteiger partial charge in [-0.2, -0.15) is 0 Å². The van der Waals surface area contributed by atoms with Crippen LogP contribution >= 0.6 is 11.6 Å². The topological polar surface area (TPSA) is 80.0 Å². The lowest BCUT2D eigenvalue weighted by atomic mass is 10.1. The number of nitrogens with one attached hydrogen (secondary N) is 2. The van der Waals surface area contributed by atoms with Crippen LogP contribution in [0, 0.1) is 0 Å². The molecule has 1 aromatic heterocycles. The second kappa shape index (κ2) is 8.58. The molecule has 1 heterocycles. The molecule has 0 aliphatic rings. The minimum Gasteiger partial charge on any atom is -0.418 e. The van der Waals surface area contributed by atoms with E-state index in [1.165, 1.54) is 0 Å². The summed E-state index contributed by atoms with van der Waals surface area (Å²) in [7, 11) is 0. The fourth-order valence-corrected chi connectivity index (χ4v) is 3.04. The van der Waals surface area contributed by atoms with E-state index in [-0.39, 0.29) is 5.89 Å². The van der Waals surface area contributed by atoms with Crippen LogP contribution in [0.25, 0.3) is 11.5 Å². The maximum Gasteiger partial charge on any atom is 0.320 e. The molecular weight excluding hydrogens is 388 g/mol. The van der Waals surface area contributed by atoms with Gasteiger partial charge in [0.15, 0.2) is 0 Å². The lowest BCUT2D eigenvalue weighted by molar-refractivity contribution is 0.248. The molecule has 0 bridgehead atoms. The van der Waals surface area contributed by atoms with Crippen LogP contribution in [0.15, 0.2) is 89.3 Å². The van der Waals surface area contributed by atoms with Crippen molar-refractivity contribution in [1.82, 2.24) is 15.5 Å². The Morgan fingerprint density at radius 3 is 2.34 bits per heavy atom. The van der Waals surface area contributed by atoms with E-state index in [2.05, 4.69) is 20.8 Å². The maximum absolute atomic E-state index is 12.6. The molecule has 0 saturated heterocycles. The molecule has 2 amide bonds. The quantitative estimate of drug-likeness (QED) is 0.473. The number of rotatable bonds is 5. The third-order valence-corrected chi connectivity index (χ3v) is 4.43. The summed E-state index contributed by atoms with van der Waals surface area (Å²) in [4.78, 5) is 12.6. The summed E-state index contributed by atoms with van der Waals surface area (Å²) < 4.78 is 5.87. The first-order valence-electron chi connectivity index (χ1n) is 8.96. The number of carbonyl (C=O) groups is 1. The largest absolute Gasteiger partial charge is 0.418 e. The third-order valence-electron chi connectivity index (χ3n) is 4.20. The van der Waals surface area contributed by atoms with Gasteiger partial charge in [-0.1, -0.05) is 66.2 Å². The summed E-state index contributed by atoms with van der Waals surface area (Å²) in [6.45, 7) is 0. The van der Waals surface area contributed by atoms with Crippen molar-refractivity contribution in [2.75, 3.05) is 5.32 Å². The molecule has 2 N–H and O–H groups in total. The summed E-state index contributed by atoms with van der Waals surface area (Å²) >= 11 is 5.98. The summed E-state index contributed by atoms with van der Waals surface area (Å²) in [5.41, 5.74) is 2.20. The van der Waals surface area contributed by atoms with Gasteiger partial charge in [0, 0.05) is 16.3 Å². The van der Waals surface area contributed by atoms with Crippen LogP contribution in [0.2, 0.25) is 5.02 Å². The van der Waals surface area contributed by atoms with E-state index < -0.39 is 12.1 Å². The molecule has 1 atom stereocenters. The molecule has 3 aromatic carbocycles. The smallest absolute Gasteiger partial charge is 0.320 e. The average molecular weight is 405 g/mol. The normalized spacial score (nSPS) is 11.6. The Morgan fingerprint density at radius 2 is 1.62 bits per heavy atom. The van der Waals surface area contributed by atoms with Crippen LogP contribution < -0.4 is 10.6 Å². The first kappa shape index (κ1) is 18.7. The predicted molar refractivity (Wildman–Crippen MR) is 112 cm³/mol. The Morgan fingerprint density at radius 1 is 0.897 bits per heavy atom. The highest BCUT2D eigenvalue weighted by molar-refractivity contribution is 6.30. The van der Waals surface area contributed by atoms with Crippen molar-refractivity contribution in [2.45, 2.75) is 6.04 Å². The van der Waals surface area contributed by atoms with Gasteiger partial charge >= 0.3 is 6.03 Å². The fourth-order valence-electron chi connectivity index (χ4n) is 2.85. The maximum atomic E-state index is 12.6. The molecule has 0 fully saturated rings. The molecule has 0 spiro atoms. The molecule has 0 aliphatic heterocycles. The van der Waals surface area contributed by atoms with Crippen LogP contribution in [-0.2, 0) is 0 Å². The van der Waals surface area contributed by atoms with Gasteiger partial charge in [0.1, 0.15) is 6.04 Å². The minimum absolute atomic E-state index is 0.288. The number of carbonyl (C=O) groups excluding carboxylic acids is 1. The van der Waals surface area contributed by atoms with Crippen molar-refractivity contribution >= 4 is 23.3 Å². The number of urea groups is 1. The van der Waals surface area contributed by atoms with Crippen molar-refractivity contribution in [3.8, 4) is 11.5 Å². The highest BCUT2D eigenvalue weighted by Crippen LogP contribution is 2.25. The van der Waals surface area contributed by atoms with Crippen molar-refractivity contribution in [2.24, 2.45) is 0 Å².